The highest BCUT2D eigenvalue weighted by atomic mass is 16.3. The fraction of sp³-hybridized carbons (Fsp3) is 0.545. The molecular formula is C22H29N5O4. The van der Waals surface area contributed by atoms with Gasteiger partial charge in [0.15, 0.2) is 0 Å². The fourth-order valence-corrected chi connectivity index (χ4v) is 4.56. The van der Waals surface area contributed by atoms with Crippen LogP contribution < -0.4 is 21.3 Å². The minimum absolute atomic E-state index is 0.0511. The van der Waals surface area contributed by atoms with Crippen molar-refractivity contribution in [3.63, 3.8) is 0 Å². The van der Waals surface area contributed by atoms with Gasteiger partial charge in [0.1, 0.15) is 5.82 Å². The van der Waals surface area contributed by atoms with Gasteiger partial charge in [-0.3, -0.25) is 14.4 Å². The summed E-state index contributed by atoms with van der Waals surface area (Å²) in [5, 5.41) is 18.0. The molecule has 2 aromatic heterocycles. The summed E-state index contributed by atoms with van der Waals surface area (Å²) in [5.74, 6) is 0.449. The molecule has 2 fully saturated rings. The summed E-state index contributed by atoms with van der Waals surface area (Å²) in [6, 6.07) is 5.85. The highest BCUT2D eigenvalue weighted by Gasteiger charge is 2.29. The quantitative estimate of drug-likeness (QED) is 0.659. The lowest BCUT2D eigenvalue weighted by atomic mass is 9.93. The number of pyridine rings is 1. The van der Waals surface area contributed by atoms with Crippen LogP contribution in [-0.2, 0) is 0 Å². The molecule has 166 valence electrons. The maximum absolute atomic E-state index is 12.5. The van der Waals surface area contributed by atoms with E-state index in [0.717, 1.165) is 45.1 Å². The zero-order valence-electron chi connectivity index (χ0n) is 17.5. The maximum Gasteiger partial charge on any atom is 0.267 e. The van der Waals surface area contributed by atoms with E-state index in [2.05, 4.69) is 20.3 Å². The summed E-state index contributed by atoms with van der Waals surface area (Å²) in [4.78, 5) is 40.8. The number of carbonyl (C=O) groups is 1. The van der Waals surface area contributed by atoms with E-state index in [4.69, 9.17) is 0 Å². The van der Waals surface area contributed by atoms with E-state index in [1.165, 1.54) is 29.1 Å². The van der Waals surface area contributed by atoms with E-state index in [1.807, 2.05) is 0 Å². The Morgan fingerprint density at radius 2 is 1.90 bits per heavy atom. The molecule has 1 aliphatic carbocycles. The second-order valence-electron chi connectivity index (χ2n) is 8.39. The SMILES string of the molecule is O=C(NCC1CCCCN1c1ccc(=O)n(C2CCCCC2O)n1)c1ccc(=O)[nH]c1. The number of anilines is 1. The molecular weight excluding hydrogens is 398 g/mol. The van der Waals surface area contributed by atoms with E-state index in [9.17, 15) is 19.5 Å². The number of aromatic nitrogens is 3. The topological polar surface area (TPSA) is 120 Å². The molecule has 2 aliphatic rings. The molecule has 3 atom stereocenters. The molecule has 0 aromatic carbocycles. The van der Waals surface area contributed by atoms with Crippen LogP contribution in [0.25, 0.3) is 0 Å². The van der Waals surface area contributed by atoms with Crippen molar-refractivity contribution in [2.75, 3.05) is 18.0 Å². The minimum atomic E-state index is -0.553. The number of aliphatic hydroxyl groups excluding tert-OH is 1. The summed E-state index contributed by atoms with van der Waals surface area (Å²) >= 11 is 0. The second-order valence-corrected chi connectivity index (χ2v) is 8.39. The number of rotatable bonds is 5. The van der Waals surface area contributed by atoms with Crippen LogP contribution in [0.1, 0.15) is 61.3 Å². The summed E-state index contributed by atoms with van der Waals surface area (Å²) in [5.41, 5.74) is -0.0474. The second kappa shape index (κ2) is 9.47. The van der Waals surface area contributed by atoms with Gasteiger partial charge in [-0.05, 0) is 44.2 Å². The summed E-state index contributed by atoms with van der Waals surface area (Å²) in [7, 11) is 0. The molecule has 1 aliphatic heterocycles. The van der Waals surface area contributed by atoms with Gasteiger partial charge in [-0.25, -0.2) is 4.68 Å². The molecule has 9 heteroatoms. The molecule has 9 nitrogen and oxygen atoms in total. The van der Waals surface area contributed by atoms with Crippen LogP contribution in [0, 0.1) is 0 Å². The highest BCUT2D eigenvalue weighted by Crippen LogP contribution is 2.28. The Kier molecular flexibility index (Phi) is 6.50. The van der Waals surface area contributed by atoms with Crippen LogP contribution in [0.15, 0.2) is 40.1 Å². The molecule has 3 heterocycles. The van der Waals surface area contributed by atoms with Crippen LogP contribution in [0.2, 0.25) is 0 Å². The van der Waals surface area contributed by atoms with Gasteiger partial charge in [0, 0.05) is 37.5 Å². The van der Waals surface area contributed by atoms with E-state index in [1.54, 1.807) is 6.07 Å². The van der Waals surface area contributed by atoms with Crippen molar-refractivity contribution in [2.45, 2.75) is 63.1 Å². The van der Waals surface area contributed by atoms with Crippen molar-refractivity contribution >= 4 is 11.7 Å². The Bertz CT molecular complexity index is 1010. The van der Waals surface area contributed by atoms with Crippen molar-refractivity contribution in [1.82, 2.24) is 20.1 Å². The number of hydrogen-bond acceptors (Lipinski definition) is 6. The Balaban J connectivity index is 1.50. The zero-order valence-corrected chi connectivity index (χ0v) is 17.5. The lowest BCUT2D eigenvalue weighted by molar-refractivity contribution is 0.0669. The van der Waals surface area contributed by atoms with Gasteiger partial charge in [0.05, 0.1) is 17.7 Å². The molecule has 1 amide bonds. The molecule has 1 saturated heterocycles. The number of aliphatic hydroxyl groups is 1. The number of amides is 1. The Morgan fingerprint density at radius 3 is 2.68 bits per heavy atom. The van der Waals surface area contributed by atoms with Crippen LogP contribution in [0.3, 0.4) is 0 Å². The van der Waals surface area contributed by atoms with Crippen molar-refractivity contribution in [3.05, 3.63) is 56.7 Å². The van der Waals surface area contributed by atoms with Crippen molar-refractivity contribution in [3.8, 4) is 0 Å². The monoisotopic (exact) mass is 427 g/mol. The maximum atomic E-state index is 12.5. The van der Waals surface area contributed by atoms with Crippen LogP contribution >= 0.6 is 0 Å². The standard InChI is InChI=1S/C22H29N5O4/c28-18-7-2-1-6-17(18)27-21(30)11-9-19(25-27)26-12-4-3-5-16(26)14-24-22(31)15-8-10-20(29)23-13-15/h8-11,13,16-18,28H,1-7,12,14H2,(H,23,29)(H,24,31). The molecule has 4 rings (SSSR count). The van der Waals surface area contributed by atoms with E-state index in [-0.39, 0.29) is 29.1 Å². The average molecular weight is 428 g/mol. The summed E-state index contributed by atoms with van der Waals surface area (Å²) in [6.07, 6.45) is 7.19. The van der Waals surface area contributed by atoms with Gasteiger partial charge in [-0.2, -0.15) is 5.10 Å². The number of nitrogens with one attached hydrogen (secondary N) is 2. The van der Waals surface area contributed by atoms with Crippen molar-refractivity contribution in [1.29, 1.82) is 0 Å². The van der Waals surface area contributed by atoms with Gasteiger partial charge >= 0.3 is 0 Å². The molecule has 0 bridgehead atoms. The Labute approximate surface area is 180 Å². The largest absolute Gasteiger partial charge is 0.391 e. The third-order valence-corrected chi connectivity index (χ3v) is 6.29. The minimum Gasteiger partial charge on any atom is -0.391 e. The molecule has 31 heavy (non-hydrogen) atoms. The number of carbonyl (C=O) groups excluding carboxylic acids is 1. The fourth-order valence-electron chi connectivity index (χ4n) is 4.56. The van der Waals surface area contributed by atoms with Crippen LogP contribution in [0.4, 0.5) is 5.82 Å². The highest BCUT2D eigenvalue weighted by molar-refractivity contribution is 5.93. The molecule has 3 N–H and O–H groups in total. The predicted octanol–water partition coefficient (Wildman–Crippen LogP) is 1.20. The number of H-pyrrole nitrogens is 1. The first kappa shape index (κ1) is 21.3. The molecule has 0 radical (unpaired) electrons. The Morgan fingerprint density at radius 1 is 1.10 bits per heavy atom. The van der Waals surface area contributed by atoms with Gasteiger partial charge < -0.3 is 20.3 Å². The lowest BCUT2D eigenvalue weighted by Gasteiger charge is -2.37. The first-order valence-electron chi connectivity index (χ1n) is 11.0. The van der Waals surface area contributed by atoms with E-state index in [0.29, 0.717) is 24.3 Å². The van der Waals surface area contributed by atoms with Gasteiger partial charge in [-0.1, -0.05) is 12.8 Å². The van der Waals surface area contributed by atoms with Gasteiger partial charge in [0.2, 0.25) is 5.56 Å². The first-order chi connectivity index (χ1) is 15.0. The van der Waals surface area contributed by atoms with Crippen LogP contribution in [-0.4, -0.2) is 51.0 Å². The van der Waals surface area contributed by atoms with Crippen molar-refractivity contribution in [2.24, 2.45) is 0 Å². The number of aromatic amines is 1. The average Bonchev–Trinajstić information content (AvgIpc) is 2.79. The number of nitrogens with zero attached hydrogens (tertiary/aromatic N) is 3. The molecule has 1 saturated carbocycles. The smallest absolute Gasteiger partial charge is 0.267 e. The third kappa shape index (κ3) is 4.87. The van der Waals surface area contributed by atoms with E-state index >= 15 is 0 Å². The van der Waals surface area contributed by atoms with Crippen LogP contribution in [0.5, 0.6) is 0 Å². The first-order valence-corrected chi connectivity index (χ1v) is 11.0. The number of piperidine rings is 1. The lowest BCUT2D eigenvalue weighted by Crippen LogP contribution is -2.48. The number of hydrogen-bond donors (Lipinski definition) is 3. The predicted molar refractivity (Wildman–Crippen MR) is 116 cm³/mol. The van der Waals surface area contributed by atoms with Gasteiger partial charge in [-0.15, -0.1) is 0 Å². The van der Waals surface area contributed by atoms with Gasteiger partial charge in [0.25, 0.3) is 11.5 Å². The molecule has 3 unspecified atom stereocenters. The summed E-state index contributed by atoms with van der Waals surface area (Å²) in [6.45, 7) is 1.22. The van der Waals surface area contributed by atoms with Crippen molar-refractivity contribution < 1.29 is 9.90 Å². The zero-order chi connectivity index (χ0) is 21.8. The normalized spacial score (nSPS) is 24.0. The molecule has 0 spiro atoms. The summed E-state index contributed by atoms with van der Waals surface area (Å²) < 4.78 is 1.45. The third-order valence-electron chi connectivity index (χ3n) is 6.29. The van der Waals surface area contributed by atoms with E-state index < -0.39 is 6.10 Å². The Hall–Kier alpha value is -2.94. The molecule has 2 aromatic rings.